The van der Waals surface area contributed by atoms with Crippen LogP contribution in [-0.4, -0.2) is 19.8 Å². The normalized spacial score (nSPS) is 26.2. The zero-order valence-electron chi connectivity index (χ0n) is 9.25. The zero-order valence-corrected chi connectivity index (χ0v) is 10.8. The van der Waals surface area contributed by atoms with Gasteiger partial charge in [-0.25, -0.2) is 0 Å². The summed E-state index contributed by atoms with van der Waals surface area (Å²) in [4.78, 5) is 0. The van der Waals surface area contributed by atoms with Crippen LogP contribution in [0.5, 0.6) is 11.5 Å². The maximum absolute atomic E-state index is 5.77. The second kappa shape index (κ2) is 3.64. The molecule has 0 bridgehead atoms. The maximum atomic E-state index is 5.77. The van der Waals surface area contributed by atoms with E-state index in [-0.39, 0.29) is 0 Å². The lowest BCUT2D eigenvalue weighted by atomic mass is 9.81. The molecule has 0 saturated carbocycles. The van der Waals surface area contributed by atoms with Gasteiger partial charge in [-0.3, -0.25) is 0 Å². The Bertz CT molecular complexity index is 447. The van der Waals surface area contributed by atoms with E-state index in [1.54, 1.807) is 7.11 Å². The molecule has 16 heavy (non-hydrogen) atoms. The van der Waals surface area contributed by atoms with Crippen LogP contribution >= 0.6 is 15.9 Å². The van der Waals surface area contributed by atoms with Gasteiger partial charge in [0, 0.05) is 29.9 Å². The van der Waals surface area contributed by atoms with Crippen LogP contribution in [0.15, 0.2) is 10.5 Å². The minimum absolute atomic E-state index is 0.474. The van der Waals surface area contributed by atoms with Crippen molar-refractivity contribution >= 4 is 15.9 Å². The Balaban J connectivity index is 2.23. The molecule has 3 N–H and O–H groups in total. The Labute approximate surface area is 103 Å². The molecular weight excluding hydrogens is 270 g/mol. The van der Waals surface area contributed by atoms with Crippen LogP contribution in [0.3, 0.4) is 0 Å². The van der Waals surface area contributed by atoms with E-state index in [9.17, 15) is 0 Å². The zero-order chi connectivity index (χ0) is 11.3. The predicted octanol–water partition coefficient (Wildman–Crippen LogP) is 1.49. The second-order valence-electron chi connectivity index (χ2n) is 4.60. The molecule has 3 rings (SSSR count). The molecule has 0 amide bonds. The van der Waals surface area contributed by atoms with E-state index in [4.69, 9.17) is 9.47 Å². The van der Waals surface area contributed by atoms with Gasteiger partial charge in [0.1, 0.15) is 11.5 Å². The van der Waals surface area contributed by atoms with Crippen LogP contribution in [0.2, 0.25) is 0 Å². The van der Waals surface area contributed by atoms with Crippen LogP contribution in [0.25, 0.3) is 0 Å². The quantitative estimate of drug-likeness (QED) is 0.849. The Hall–Kier alpha value is -0.740. The summed E-state index contributed by atoms with van der Waals surface area (Å²) in [5.74, 6) is 2.50. The van der Waals surface area contributed by atoms with E-state index in [1.807, 2.05) is 6.07 Å². The third-order valence-electron chi connectivity index (χ3n) is 3.51. The van der Waals surface area contributed by atoms with Gasteiger partial charge in [0.2, 0.25) is 0 Å². The number of hydrogen-bond donors (Lipinski definition) is 1. The van der Waals surface area contributed by atoms with Crippen molar-refractivity contribution in [1.82, 2.24) is 0 Å². The van der Waals surface area contributed by atoms with E-state index in [0.717, 1.165) is 35.4 Å². The SMILES string of the molecule is COc1cc(Br)c2c3c1C[C@H]([NH3+])C[C@@H]3CO2. The summed E-state index contributed by atoms with van der Waals surface area (Å²) in [7, 11) is 1.72. The maximum Gasteiger partial charge on any atom is 0.137 e. The summed E-state index contributed by atoms with van der Waals surface area (Å²) < 4.78 is 12.2. The van der Waals surface area contributed by atoms with Gasteiger partial charge in [0.15, 0.2) is 0 Å². The average molecular weight is 285 g/mol. The highest BCUT2D eigenvalue weighted by molar-refractivity contribution is 9.10. The number of methoxy groups -OCH3 is 1. The van der Waals surface area contributed by atoms with Crippen LogP contribution in [0, 0.1) is 0 Å². The molecular formula is C12H15BrNO2+. The van der Waals surface area contributed by atoms with Crippen molar-refractivity contribution in [2.45, 2.75) is 24.8 Å². The van der Waals surface area contributed by atoms with E-state index >= 15 is 0 Å². The molecule has 3 nitrogen and oxygen atoms in total. The highest BCUT2D eigenvalue weighted by atomic mass is 79.9. The summed E-state index contributed by atoms with van der Waals surface area (Å²) in [5.41, 5.74) is 6.85. The first-order chi connectivity index (χ1) is 7.70. The van der Waals surface area contributed by atoms with Crippen molar-refractivity contribution in [3.05, 3.63) is 21.7 Å². The first-order valence-electron chi connectivity index (χ1n) is 5.55. The fourth-order valence-corrected chi connectivity index (χ4v) is 3.40. The minimum atomic E-state index is 0.474. The van der Waals surface area contributed by atoms with Gasteiger partial charge in [-0.1, -0.05) is 0 Å². The van der Waals surface area contributed by atoms with E-state index in [0.29, 0.717) is 12.0 Å². The summed E-state index contributed by atoms with van der Waals surface area (Å²) in [6.07, 6.45) is 2.12. The molecule has 4 heteroatoms. The van der Waals surface area contributed by atoms with Crippen LogP contribution in [0.4, 0.5) is 0 Å². The number of benzene rings is 1. The first-order valence-corrected chi connectivity index (χ1v) is 6.35. The fourth-order valence-electron chi connectivity index (χ4n) is 2.86. The van der Waals surface area contributed by atoms with Crippen molar-refractivity contribution in [2.24, 2.45) is 0 Å². The number of ether oxygens (including phenoxy) is 2. The summed E-state index contributed by atoms with van der Waals surface area (Å²) in [6, 6.07) is 2.48. The van der Waals surface area contributed by atoms with Gasteiger partial charge in [0.05, 0.1) is 24.2 Å². The third-order valence-corrected chi connectivity index (χ3v) is 4.10. The third kappa shape index (κ3) is 1.36. The molecule has 0 fully saturated rings. The molecule has 1 aliphatic carbocycles. The summed E-state index contributed by atoms with van der Waals surface area (Å²) >= 11 is 3.55. The van der Waals surface area contributed by atoms with Gasteiger partial charge in [-0.15, -0.1) is 0 Å². The van der Waals surface area contributed by atoms with E-state index < -0.39 is 0 Å². The smallest absolute Gasteiger partial charge is 0.137 e. The van der Waals surface area contributed by atoms with Gasteiger partial charge in [-0.2, -0.15) is 0 Å². The number of quaternary nitrogens is 1. The molecule has 1 aromatic rings. The molecule has 2 aliphatic rings. The molecule has 0 unspecified atom stereocenters. The van der Waals surface area contributed by atoms with Crippen molar-refractivity contribution in [1.29, 1.82) is 0 Å². The molecule has 0 radical (unpaired) electrons. The summed E-state index contributed by atoms with van der Waals surface area (Å²) in [5, 5.41) is 0. The Kier molecular flexibility index (Phi) is 2.37. The standard InChI is InChI=1S/C12H14BrNO2/c1-15-10-4-9(13)12-11-6(5-16-12)2-7(14)3-8(10)11/h4,6-7H,2-3,5,14H2,1H3/p+1/t6-,7-/m1/s1. The fraction of sp³-hybridized carbons (Fsp3) is 0.500. The Morgan fingerprint density at radius 2 is 2.38 bits per heavy atom. The molecule has 1 aliphatic heterocycles. The molecule has 86 valence electrons. The minimum Gasteiger partial charge on any atom is -0.496 e. The van der Waals surface area contributed by atoms with E-state index in [1.165, 1.54) is 11.1 Å². The molecule has 1 heterocycles. The van der Waals surface area contributed by atoms with Gasteiger partial charge in [-0.05, 0) is 22.0 Å². The van der Waals surface area contributed by atoms with Crippen molar-refractivity contribution < 1.29 is 15.2 Å². The topological polar surface area (TPSA) is 46.1 Å². The number of rotatable bonds is 1. The Morgan fingerprint density at radius 1 is 1.56 bits per heavy atom. The van der Waals surface area contributed by atoms with Gasteiger partial charge < -0.3 is 15.2 Å². The average Bonchev–Trinajstić information content (AvgIpc) is 2.67. The molecule has 0 saturated heterocycles. The van der Waals surface area contributed by atoms with Gasteiger partial charge >= 0.3 is 0 Å². The highest BCUT2D eigenvalue weighted by Gasteiger charge is 2.37. The number of hydrogen-bond acceptors (Lipinski definition) is 2. The monoisotopic (exact) mass is 284 g/mol. The Morgan fingerprint density at radius 3 is 3.12 bits per heavy atom. The van der Waals surface area contributed by atoms with E-state index in [2.05, 4.69) is 21.7 Å². The molecule has 1 aromatic carbocycles. The van der Waals surface area contributed by atoms with Crippen LogP contribution < -0.4 is 15.2 Å². The molecule has 0 aromatic heterocycles. The van der Waals surface area contributed by atoms with Crippen molar-refractivity contribution in [3.8, 4) is 11.5 Å². The lowest BCUT2D eigenvalue weighted by Gasteiger charge is -2.24. The molecule has 2 atom stereocenters. The molecule has 0 spiro atoms. The lowest BCUT2D eigenvalue weighted by Crippen LogP contribution is -2.63. The van der Waals surface area contributed by atoms with Crippen LogP contribution in [-0.2, 0) is 6.42 Å². The second-order valence-corrected chi connectivity index (χ2v) is 5.45. The van der Waals surface area contributed by atoms with Gasteiger partial charge in [0.25, 0.3) is 0 Å². The largest absolute Gasteiger partial charge is 0.496 e. The van der Waals surface area contributed by atoms with Crippen LogP contribution in [0.1, 0.15) is 23.5 Å². The lowest BCUT2D eigenvalue weighted by molar-refractivity contribution is -0.422. The first kappa shape index (κ1) is 10.4. The van der Waals surface area contributed by atoms with Crippen molar-refractivity contribution in [2.75, 3.05) is 13.7 Å². The number of halogens is 1. The van der Waals surface area contributed by atoms with Crippen molar-refractivity contribution in [3.63, 3.8) is 0 Å². The highest BCUT2D eigenvalue weighted by Crippen LogP contribution is 2.49. The predicted molar refractivity (Wildman–Crippen MR) is 63.9 cm³/mol. The summed E-state index contributed by atoms with van der Waals surface area (Å²) in [6.45, 7) is 0.792.